The molecule has 1 fully saturated rings. The molecule has 0 bridgehead atoms. The number of hydrogen-bond donors (Lipinski definition) is 0. The van der Waals surface area contributed by atoms with E-state index in [1.165, 1.54) is 41.7 Å². The predicted molar refractivity (Wildman–Crippen MR) is 105 cm³/mol. The van der Waals surface area contributed by atoms with Crippen LogP contribution in [0.15, 0.2) is 29.6 Å². The molecule has 4 nitrogen and oxygen atoms in total. The molecular weight excluding hydrogens is 387 g/mol. The Balaban J connectivity index is 1.82. The van der Waals surface area contributed by atoms with Crippen molar-refractivity contribution in [1.82, 2.24) is 9.88 Å². The van der Waals surface area contributed by atoms with Crippen LogP contribution in [0.25, 0.3) is 0 Å². The van der Waals surface area contributed by atoms with Crippen LogP contribution in [0, 0.1) is 11.8 Å². The number of likely N-dealkylation sites (tertiary alicyclic amines) is 1. The molecule has 0 spiro atoms. The zero-order valence-corrected chi connectivity index (χ0v) is 17.0. The number of carbonyl (C=O) groups is 1. The van der Waals surface area contributed by atoms with Gasteiger partial charge in [-0.1, -0.05) is 19.9 Å². The number of rotatable bonds is 4. The highest BCUT2D eigenvalue weighted by Crippen LogP contribution is 2.35. The van der Waals surface area contributed by atoms with Crippen LogP contribution >= 0.6 is 11.3 Å². The van der Waals surface area contributed by atoms with Crippen molar-refractivity contribution >= 4 is 28.1 Å². The summed E-state index contributed by atoms with van der Waals surface area (Å²) < 4.78 is 39.1. The first-order valence-corrected chi connectivity index (χ1v) is 10.2. The van der Waals surface area contributed by atoms with Gasteiger partial charge in [0.05, 0.1) is 16.9 Å². The van der Waals surface area contributed by atoms with Gasteiger partial charge in [-0.2, -0.15) is 13.2 Å². The first-order chi connectivity index (χ1) is 13.1. The molecule has 2 aromatic rings. The zero-order valence-electron chi connectivity index (χ0n) is 16.2. The lowest BCUT2D eigenvalue weighted by molar-refractivity contribution is -0.137. The maximum atomic E-state index is 13.0. The third kappa shape index (κ3) is 4.91. The highest BCUT2D eigenvalue weighted by molar-refractivity contribution is 7.14. The largest absolute Gasteiger partial charge is 0.416 e. The van der Waals surface area contributed by atoms with Crippen LogP contribution < -0.4 is 4.90 Å². The first-order valence-electron chi connectivity index (χ1n) is 9.28. The summed E-state index contributed by atoms with van der Waals surface area (Å²) >= 11 is 1.27. The van der Waals surface area contributed by atoms with Gasteiger partial charge < -0.3 is 0 Å². The number of piperidine rings is 1. The van der Waals surface area contributed by atoms with E-state index in [-0.39, 0.29) is 11.6 Å². The molecule has 1 aromatic heterocycles. The molecule has 8 heteroatoms. The van der Waals surface area contributed by atoms with Crippen molar-refractivity contribution in [3.05, 3.63) is 40.9 Å². The van der Waals surface area contributed by atoms with Gasteiger partial charge in [-0.05, 0) is 36.5 Å². The average Bonchev–Trinajstić information content (AvgIpc) is 3.01. The lowest BCUT2D eigenvalue weighted by Crippen LogP contribution is -2.38. The van der Waals surface area contributed by atoms with E-state index in [1.54, 1.807) is 0 Å². The van der Waals surface area contributed by atoms with Crippen molar-refractivity contribution in [3.63, 3.8) is 0 Å². The number of amides is 1. The van der Waals surface area contributed by atoms with Crippen molar-refractivity contribution < 1.29 is 18.0 Å². The minimum Gasteiger partial charge on any atom is -0.297 e. The molecule has 1 amide bonds. The highest BCUT2D eigenvalue weighted by Gasteiger charge is 2.31. The fourth-order valence-electron chi connectivity index (χ4n) is 3.87. The molecule has 0 saturated carbocycles. The molecule has 1 aliphatic rings. The van der Waals surface area contributed by atoms with Gasteiger partial charge in [0.25, 0.3) is 0 Å². The summed E-state index contributed by atoms with van der Waals surface area (Å²) in [5.41, 5.74) is 0.215. The summed E-state index contributed by atoms with van der Waals surface area (Å²) in [7, 11) is 0. The topological polar surface area (TPSA) is 36.4 Å². The quantitative estimate of drug-likeness (QED) is 0.683. The summed E-state index contributed by atoms with van der Waals surface area (Å²) in [4.78, 5) is 20.3. The Hall–Kier alpha value is -1.93. The molecule has 2 atom stereocenters. The molecule has 1 saturated heterocycles. The molecule has 152 valence electrons. The van der Waals surface area contributed by atoms with E-state index in [9.17, 15) is 18.0 Å². The number of hydrogen-bond acceptors (Lipinski definition) is 4. The second-order valence-corrected chi connectivity index (χ2v) is 8.50. The van der Waals surface area contributed by atoms with Crippen LogP contribution in [-0.2, 0) is 17.5 Å². The summed E-state index contributed by atoms with van der Waals surface area (Å²) in [6.07, 6.45) is -3.25. The normalized spacial score (nSPS) is 20.9. The van der Waals surface area contributed by atoms with E-state index in [4.69, 9.17) is 0 Å². The standard InChI is InChI=1S/C20H24F3N3OS/c1-13-7-14(2)10-25(9-13)11-17-12-28-19(24-17)26(15(3)27)18-6-4-5-16(8-18)20(21,22)23/h4-6,8,12-14H,7,9-11H2,1-3H3/t13-,14-/m0/s1. The molecule has 28 heavy (non-hydrogen) atoms. The molecule has 1 aromatic carbocycles. The SMILES string of the molecule is CC(=O)N(c1cccc(C(F)(F)F)c1)c1nc(CN2C[C@@H](C)C[C@H](C)C2)cs1. The molecule has 0 radical (unpaired) electrons. The third-order valence-corrected chi connectivity index (χ3v) is 5.68. The molecule has 0 aliphatic carbocycles. The number of halogens is 3. The Morgan fingerprint density at radius 1 is 1.29 bits per heavy atom. The first kappa shape index (κ1) is 20.8. The highest BCUT2D eigenvalue weighted by atomic mass is 32.1. The number of nitrogens with zero attached hydrogens (tertiary/aromatic N) is 3. The van der Waals surface area contributed by atoms with Crippen molar-refractivity contribution in [2.75, 3.05) is 18.0 Å². The van der Waals surface area contributed by atoms with Gasteiger partial charge in [0.1, 0.15) is 0 Å². The molecule has 2 heterocycles. The van der Waals surface area contributed by atoms with Crippen LogP contribution in [0.1, 0.15) is 38.4 Å². The number of carbonyl (C=O) groups excluding carboxylic acids is 1. The monoisotopic (exact) mass is 411 g/mol. The second kappa shape index (κ2) is 8.21. The van der Waals surface area contributed by atoms with Crippen LogP contribution in [0.3, 0.4) is 0 Å². The van der Waals surface area contributed by atoms with Gasteiger partial charge in [0, 0.05) is 31.9 Å². The fourth-order valence-corrected chi connectivity index (χ4v) is 4.75. The van der Waals surface area contributed by atoms with Crippen LogP contribution in [-0.4, -0.2) is 28.9 Å². The van der Waals surface area contributed by atoms with E-state index in [0.717, 1.165) is 30.9 Å². The summed E-state index contributed by atoms with van der Waals surface area (Å²) in [6.45, 7) is 8.48. The molecule has 3 rings (SSSR count). The van der Waals surface area contributed by atoms with Crippen LogP contribution in [0.4, 0.5) is 24.0 Å². The molecular formula is C20H24F3N3OS. The minimum atomic E-state index is -4.46. The Kier molecular flexibility index (Phi) is 6.09. The smallest absolute Gasteiger partial charge is 0.297 e. The van der Waals surface area contributed by atoms with Gasteiger partial charge in [-0.15, -0.1) is 11.3 Å². The van der Waals surface area contributed by atoms with E-state index in [2.05, 4.69) is 23.7 Å². The Labute approximate surface area is 167 Å². The van der Waals surface area contributed by atoms with E-state index < -0.39 is 11.7 Å². The lowest BCUT2D eigenvalue weighted by Gasteiger charge is -2.34. The summed E-state index contributed by atoms with van der Waals surface area (Å²) in [6, 6.07) is 4.77. The van der Waals surface area contributed by atoms with Gasteiger partial charge in [0.15, 0.2) is 5.13 Å². The zero-order chi connectivity index (χ0) is 20.5. The van der Waals surface area contributed by atoms with Crippen molar-refractivity contribution in [2.45, 2.75) is 39.9 Å². The van der Waals surface area contributed by atoms with Crippen molar-refractivity contribution in [1.29, 1.82) is 0 Å². The van der Waals surface area contributed by atoms with Gasteiger partial charge in [-0.3, -0.25) is 14.6 Å². The lowest BCUT2D eigenvalue weighted by atomic mass is 9.92. The Morgan fingerprint density at radius 2 is 1.96 bits per heavy atom. The van der Waals surface area contributed by atoms with Gasteiger partial charge in [-0.25, -0.2) is 4.98 Å². The number of alkyl halides is 3. The average molecular weight is 411 g/mol. The molecule has 1 aliphatic heterocycles. The van der Waals surface area contributed by atoms with E-state index in [0.29, 0.717) is 23.5 Å². The Morgan fingerprint density at radius 3 is 2.57 bits per heavy atom. The Bertz CT molecular complexity index is 826. The fraction of sp³-hybridized carbons (Fsp3) is 0.500. The van der Waals surface area contributed by atoms with E-state index in [1.807, 2.05) is 5.38 Å². The summed E-state index contributed by atoms with van der Waals surface area (Å²) in [5.74, 6) is 0.877. The van der Waals surface area contributed by atoms with Gasteiger partial charge in [0.2, 0.25) is 5.91 Å². The van der Waals surface area contributed by atoms with Crippen molar-refractivity contribution in [3.8, 4) is 0 Å². The second-order valence-electron chi connectivity index (χ2n) is 7.66. The van der Waals surface area contributed by atoms with Crippen LogP contribution in [0.5, 0.6) is 0 Å². The molecule has 0 N–H and O–H groups in total. The van der Waals surface area contributed by atoms with Gasteiger partial charge >= 0.3 is 6.18 Å². The van der Waals surface area contributed by atoms with E-state index >= 15 is 0 Å². The number of thiazole rings is 1. The molecule has 0 unspecified atom stereocenters. The minimum absolute atomic E-state index is 0.170. The van der Waals surface area contributed by atoms with Crippen molar-refractivity contribution in [2.24, 2.45) is 11.8 Å². The summed E-state index contributed by atoms with van der Waals surface area (Å²) in [5, 5.41) is 2.27. The number of anilines is 2. The van der Waals surface area contributed by atoms with Crippen LogP contribution in [0.2, 0.25) is 0 Å². The maximum absolute atomic E-state index is 13.0. The number of benzene rings is 1. The number of aromatic nitrogens is 1. The predicted octanol–water partition coefficient (Wildman–Crippen LogP) is 5.32. The third-order valence-electron chi connectivity index (χ3n) is 4.81. The maximum Gasteiger partial charge on any atom is 0.416 e.